The summed E-state index contributed by atoms with van der Waals surface area (Å²) in [5, 5.41) is 7.52. The predicted molar refractivity (Wildman–Crippen MR) is 84.6 cm³/mol. The zero-order valence-corrected chi connectivity index (χ0v) is 13.5. The van der Waals surface area contributed by atoms with Crippen LogP contribution in [-0.2, 0) is 17.7 Å². The average Bonchev–Trinajstić information content (AvgIpc) is 3.06. The molecule has 0 saturated carbocycles. The lowest BCUT2D eigenvalue weighted by molar-refractivity contribution is 0.00542. The Morgan fingerprint density at radius 2 is 2.26 bits per heavy atom. The summed E-state index contributed by atoms with van der Waals surface area (Å²) in [5.74, 6) is -0.121. The molecule has 2 aromatic heterocycles. The van der Waals surface area contributed by atoms with E-state index >= 15 is 0 Å². The first-order valence-corrected chi connectivity index (χ1v) is 8.12. The molecule has 0 aromatic carbocycles. The zero-order valence-electron chi connectivity index (χ0n) is 13.5. The number of halogens is 1. The minimum atomic E-state index is -0.372. The third-order valence-corrected chi connectivity index (χ3v) is 4.15. The molecule has 0 amide bonds. The van der Waals surface area contributed by atoms with E-state index in [0.717, 1.165) is 24.9 Å². The van der Waals surface area contributed by atoms with E-state index in [4.69, 9.17) is 4.74 Å². The predicted octanol–water partition coefficient (Wildman–Crippen LogP) is 2.73. The summed E-state index contributed by atoms with van der Waals surface area (Å²) in [6, 6.07) is -0.0348. The van der Waals surface area contributed by atoms with E-state index in [1.54, 1.807) is 0 Å². The van der Waals surface area contributed by atoms with Gasteiger partial charge in [-0.3, -0.25) is 4.68 Å². The van der Waals surface area contributed by atoms with E-state index in [2.05, 4.69) is 20.4 Å². The Morgan fingerprint density at radius 3 is 3.00 bits per heavy atom. The maximum Gasteiger partial charge on any atom is 0.186 e. The molecular weight excluding hydrogens is 297 g/mol. The average molecular weight is 319 g/mol. The Balaban J connectivity index is 1.82. The summed E-state index contributed by atoms with van der Waals surface area (Å²) in [4.78, 5) is 8.03. The van der Waals surface area contributed by atoms with Gasteiger partial charge in [0.2, 0.25) is 0 Å². The fraction of sp³-hybridized carbons (Fsp3) is 0.562. The molecule has 1 fully saturated rings. The van der Waals surface area contributed by atoms with Gasteiger partial charge in [0, 0.05) is 24.9 Å². The Hall–Kier alpha value is -2.02. The summed E-state index contributed by atoms with van der Waals surface area (Å²) in [6.07, 6.45) is 7.43. The third kappa shape index (κ3) is 3.34. The van der Waals surface area contributed by atoms with Gasteiger partial charge < -0.3 is 10.1 Å². The van der Waals surface area contributed by atoms with E-state index < -0.39 is 0 Å². The maximum absolute atomic E-state index is 14.4. The van der Waals surface area contributed by atoms with Crippen molar-refractivity contribution in [1.29, 1.82) is 0 Å². The summed E-state index contributed by atoms with van der Waals surface area (Å²) in [5.41, 5.74) is 1.43. The molecule has 2 atom stereocenters. The largest absolute Gasteiger partial charge is 0.371 e. The molecule has 1 aliphatic rings. The van der Waals surface area contributed by atoms with Gasteiger partial charge in [0.25, 0.3) is 0 Å². The topological polar surface area (TPSA) is 64.9 Å². The van der Waals surface area contributed by atoms with Gasteiger partial charge in [-0.05, 0) is 26.2 Å². The number of rotatable bonds is 5. The number of ether oxygens (including phenoxy) is 1. The van der Waals surface area contributed by atoms with Gasteiger partial charge in [-0.2, -0.15) is 5.10 Å². The molecule has 0 unspecified atom stereocenters. The second-order valence-electron chi connectivity index (χ2n) is 5.65. The van der Waals surface area contributed by atoms with E-state index in [9.17, 15) is 4.39 Å². The van der Waals surface area contributed by atoms with Crippen molar-refractivity contribution in [3.05, 3.63) is 35.8 Å². The lowest BCUT2D eigenvalue weighted by Gasteiger charge is -2.32. The van der Waals surface area contributed by atoms with Gasteiger partial charge in [0.15, 0.2) is 11.6 Å². The SMILES string of the molecule is CCc1ncnc(N[C@H]2CCCO[C@@H]2c2cnn(CC)c2)c1F. The molecule has 0 bridgehead atoms. The number of hydrogen-bond donors (Lipinski definition) is 1. The van der Waals surface area contributed by atoms with Crippen LogP contribution in [-0.4, -0.2) is 32.4 Å². The van der Waals surface area contributed by atoms with Crippen molar-refractivity contribution in [2.75, 3.05) is 11.9 Å². The number of aromatic nitrogens is 4. The first-order chi connectivity index (χ1) is 11.2. The Kier molecular flexibility index (Phi) is 4.85. The van der Waals surface area contributed by atoms with Gasteiger partial charge in [0.05, 0.1) is 17.9 Å². The highest BCUT2D eigenvalue weighted by Crippen LogP contribution is 2.31. The van der Waals surface area contributed by atoms with Crippen molar-refractivity contribution in [2.24, 2.45) is 0 Å². The highest BCUT2D eigenvalue weighted by Gasteiger charge is 2.29. The van der Waals surface area contributed by atoms with Crippen LogP contribution in [0.1, 0.15) is 44.1 Å². The van der Waals surface area contributed by atoms with Crippen LogP contribution in [0, 0.1) is 5.82 Å². The number of nitrogens with one attached hydrogen (secondary N) is 1. The van der Waals surface area contributed by atoms with E-state index in [1.807, 2.05) is 30.9 Å². The number of hydrogen-bond acceptors (Lipinski definition) is 5. The maximum atomic E-state index is 14.4. The zero-order chi connectivity index (χ0) is 16.2. The van der Waals surface area contributed by atoms with Crippen LogP contribution in [0.5, 0.6) is 0 Å². The molecule has 6 nitrogen and oxygen atoms in total. The minimum absolute atomic E-state index is 0.0348. The molecule has 1 N–H and O–H groups in total. The molecular formula is C16H22FN5O. The van der Waals surface area contributed by atoms with Crippen LogP contribution >= 0.6 is 0 Å². The normalized spacial score (nSPS) is 21.3. The quantitative estimate of drug-likeness (QED) is 0.918. The molecule has 0 aliphatic carbocycles. The highest BCUT2D eigenvalue weighted by molar-refractivity contribution is 5.39. The van der Waals surface area contributed by atoms with Crippen molar-refractivity contribution in [3.63, 3.8) is 0 Å². The Morgan fingerprint density at radius 1 is 1.39 bits per heavy atom. The van der Waals surface area contributed by atoms with Crippen molar-refractivity contribution in [3.8, 4) is 0 Å². The molecule has 1 aliphatic heterocycles. The van der Waals surface area contributed by atoms with Gasteiger partial charge in [-0.25, -0.2) is 14.4 Å². The lowest BCUT2D eigenvalue weighted by Crippen LogP contribution is -2.34. The van der Waals surface area contributed by atoms with Crippen LogP contribution in [0.4, 0.5) is 10.2 Å². The number of nitrogens with zero attached hydrogens (tertiary/aromatic N) is 4. The van der Waals surface area contributed by atoms with Crippen LogP contribution in [0.15, 0.2) is 18.7 Å². The molecule has 1 saturated heterocycles. The highest BCUT2D eigenvalue weighted by atomic mass is 19.1. The van der Waals surface area contributed by atoms with Gasteiger partial charge >= 0.3 is 0 Å². The van der Waals surface area contributed by atoms with Crippen molar-refractivity contribution in [2.45, 2.75) is 51.8 Å². The first-order valence-electron chi connectivity index (χ1n) is 8.12. The molecule has 2 aromatic rings. The molecule has 23 heavy (non-hydrogen) atoms. The van der Waals surface area contributed by atoms with Crippen LogP contribution < -0.4 is 5.32 Å². The fourth-order valence-electron chi connectivity index (χ4n) is 2.89. The second-order valence-corrected chi connectivity index (χ2v) is 5.65. The van der Waals surface area contributed by atoms with E-state index in [0.29, 0.717) is 18.7 Å². The van der Waals surface area contributed by atoms with Crippen molar-refractivity contribution >= 4 is 5.82 Å². The minimum Gasteiger partial charge on any atom is -0.371 e. The smallest absolute Gasteiger partial charge is 0.186 e. The summed E-state index contributed by atoms with van der Waals surface area (Å²) < 4.78 is 22.2. The van der Waals surface area contributed by atoms with Crippen molar-refractivity contribution in [1.82, 2.24) is 19.7 Å². The monoisotopic (exact) mass is 319 g/mol. The second kappa shape index (κ2) is 7.04. The van der Waals surface area contributed by atoms with Crippen LogP contribution in [0.25, 0.3) is 0 Å². The molecule has 124 valence electrons. The first kappa shape index (κ1) is 15.9. The van der Waals surface area contributed by atoms with Gasteiger partial charge in [-0.15, -0.1) is 0 Å². The lowest BCUT2D eigenvalue weighted by atomic mass is 9.98. The van der Waals surface area contributed by atoms with Gasteiger partial charge in [0.1, 0.15) is 12.4 Å². The number of aryl methyl sites for hydroxylation is 2. The Labute approximate surface area is 135 Å². The summed E-state index contributed by atoms with van der Waals surface area (Å²) in [6.45, 7) is 5.43. The molecule has 3 rings (SSSR count). The summed E-state index contributed by atoms with van der Waals surface area (Å²) in [7, 11) is 0. The third-order valence-electron chi connectivity index (χ3n) is 4.15. The molecule has 0 spiro atoms. The van der Waals surface area contributed by atoms with E-state index in [-0.39, 0.29) is 23.8 Å². The van der Waals surface area contributed by atoms with E-state index in [1.165, 1.54) is 6.33 Å². The fourth-order valence-corrected chi connectivity index (χ4v) is 2.89. The molecule has 7 heteroatoms. The molecule has 3 heterocycles. The molecule has 0 radical (unpaired) electrons. The number of anilines is 1. The van der Waals surface area contributed by atoms with Crippen molar-refractivity contribution < 1.29 is 9.13 Å². The van der Waals surface area contributed by atoms with Gasteiger partial charge in [-0.1, -0.05) is 6.92 Å². The standard InChI is InChI=1S/C16H22FN5O/c1-3-12-14(17)16(19-10-18-12)21-13-6-5-7-23-15(13)11-8-20-22(4-2)9-11/h8-10,13,15H,3-7H2,1-2H3,(H,18,19,21)/t13-,15+/m0/s1. The van der Waals surface area contributed by atoms with Crippen LogP contribution in [0.3, 0.4) is 0 Å². The Bertz CT molecular complexity index is 660. The summed E-state index contributed by atoms with van der Waals surface area (Å²) >= 11 is 0. The van der Waals surface area contributed by atoms with Crippen LogP contribution in [0.2, 0.25) is 0 Å².